The van der Waals surface area contributed by atoms with Gasteiger partial charge in [-0.15, -0.1) is 0 Å². The second kappa shape index (κ2) is 6.30. The van der Waals surface area contributed by atoms with Crippen LogP contribution in [0.1, 0.15) is 36.1 Å². The molecule has 6 heteroatoms. The molecule has 2 rings (SSSR count). The SMILES string of the molecule is CCCc1ccc(C(O)Cn2cc(C(F)(F)F)cn2)cc1. The van der Waals surface area contributed by atoms with E-state index in [1.807, 2.05) is 12.1 Å². The van der Waals surface area contributed by atoms with E-state index in [1.165, 1.54) is 5.56 Å². The van der Waals surface area contributed by atoms with E-state index >= 15 is 0 Å². The molecule has 114 valence electrons. The van der Waals surface area contributed by atoms with Crippen LogP contribution in [-0.4, -0.2) is 14.9 Å². The van der Waals surface area contributed by atoms with Crippen molar-refractivity contribution in [3.05, 3.63) is 53.3 Å². The maximum atomic E-state index is 12.5. The summed E-state index contributed by atoms with van der Waals surface area (Å²) >= 11 is 0. The van der Waals surface area contributed by atoms with E-state index in [4.69, 9.17) is 0 Å². The molecule has 0 saturated heterocycles. The molecular weight excluding hydrogens is 281 g/mol. The summed E-state index contributed by atoms with van der Waals surface area (Å²) in [5.74, 6) is 0. The molecule has 0 bridgehead atoms. The van der Waals surface area contributed by atoms with E-state index in [-0.39, 0.29) is 6.54 Å². The van der Waals surface area contributed by atoms with Gasteiger partial charge in [0.2, 0.25) is 0 Å². The molecule has 0 spiro atoms. The molecule has 1 N–H and O–H groups in total. The van der Waals surface area contributed by atoms with Crippen LogP contribution < -0.4 is 0 Å². The highest BCUT2D eigenvalue weighted by atomic mass is 19.4. The van der Waals surface area contributed by atoms with E-state index in [0.717, 1.165) is 29.9 Å². The van der Waals surface area contributed by atoms with Crippen LogP contribution in [0.4, 0.5) is 13.2 Å². The summed E-state index contributed by atoms with van der Waals surface area (Å²) in [5.41, 5.74) is 1.03. The predicted octanol–water partition coefficient (Wildman–Crippen LogP) is 3.59. The van der Waals surface area contributed by atoms with E-state index in [9.17, 15) is 18.3 Å². The predicted molar refractivity (Wildman–Crippen MR) is 72.6 cm³/mol. The van der Waals surface area contributed by atoms with Crippen LogP contribution in [0.5, 0.6) is 0 Å². The van der Waals surface area contributed by atoms with Crippen molar-refractivity contribution in [1.29, 1.82) is 0 Å². The number of nitrogens with zero attached hydrogens (tertiary/aromatic N) is 2. The fourth-order valence-electron chi connectivity index (χ4n) is 2.09. The van der Waals surface area contributed by atoms with Gasteiger partial charge in [-0.2, -0.15) is 18.3 Å². The lowest BCUT2D eigenvalue weighted by atomic mass is 10.0. The fraction of sp³-hybridized carbons (Fsp3) is 0.400. The number of alkyl halides is 3. The first-order chi connectivity index (χ1) is 9.90. The van der Waals surface area contributed by atoms with Crippen molar-refractivity contribution in [2.45, 2.75) is 38.6 Å². The molecule has 0 radical (unpaired) electrons. The van der Waals surface area contributed by atoms with Gasteiger partial charge in [0.1, 0.15) is 0 Å². The van der Waals surface area contributed by atoms with E-state index < -0.39 is 17.8 Å². The van der Waals surface area contributed by atoms with Gasteiger partial charge < -0.3 is 5.11 Å². The average molecular weight is 298 g/mol. The standard InChI is InChI=1S/C15H17F3N2O/c1-2-3-11-4-6-12(7-5-11)14(21)10-20-9-13(8-19-20)15(16,17)18/h4-9,14,21H,2-3,10H2,1H3. The van der Waals surface area contributed by atoms with Crippen LogP contribution in [0, 0.1) is 0 Å². The number of benzene rings is 1. The second-order valence-electron chi connectivity index (χ2n) is 4.96. The van der Waals surface area contributed by atoms with E-state index in [0.29, 0.717) is 5.56 Å². The topological polar surface area (TPSA) is 38.0 Å². The lowest BCUT2D eigenvalue weighted by molar-refractivity contribution is -0.137. The number of aryl methyl sites for hydroxylation is 1. The van der Waals surface area contributed by atoms with Gasteiger partial charge in [-0.1, -0.05) is 37.6 Å². The van der Waals surface area contributed by atoms with Crippen molar-refractivity contribution < 1.29 is 18.3 Å². The summed E-state index contributed by atoms with van der Waals surface area (Å²) < 4.78 is 38.5. The molecule has 1 aromatic carbocycles. The van der Waals surface area contributed by atoms with Gasteiger partial charge in [0.05, 0.1) is 24.4 Å². The third kappa shape index (κ3) is 4.07. The Balaban J connectivity index is 2.03. The minimum Gasteiger partial charge on any atom is -0.386 e. The van der Waals surface area contributed by atoms with Crippen LogP contribution in [0.15, 0.2) is 36.7 Å². The zero-order valence-corrected chi connectivity index (χ0v) is 11.6. The summed E-state index contributed by atoms with van der Waals surface area (Å²) in [6.07, 6.45) is -1.64. The molecule has 1 unspecified atom stereocenters. The largest absolute Gasteiger partial charge is 0.419 e. The minimum atomic E-state index is -4.41. The van der Waals surface area contributed by atoms with Gasteiger partial charge in [-0.3, -0.25) is 4.68 Å². The molecule has 0 aliphatic heterocycles. The molecule has 1 heterocycles. The minimum absolute atomic E-state index is 0.0107. The molecule has 2 aromatic rings. The molecule has 1 atom stereocenters. The Morgan fingerprint density at radius 1 is 1.24 bits per heavy atom. The number of aliphatic hydroxyl groups excluding tert-OH is 1. The molecule has 0 aliphatic rings. The highest BCUT2D eigenvalue weighted by Gasteiger charge is 2.32. The molecular formula is C15H17F3N2O. The second-order valence-corrected chi connectivity index (χ2v) is 4.96. The van der Waals surface area contributed by atoms with Crippen LogP contribution in [0.25, 0.3) is 0 Å². The highest BCUT2D eigenvalue weighted by molar-refractivity contribution is 5.24. The van der Waals surface area contributed by atoms with Crippen molar-refractivity contribution in [1.82, 2.24) is 9.78 Å². The van der Waals surface area contributed by atoms with Crippen molar-refractivity contribution in [2.24, 2.45) is 0 Å². The lowest BCUT2D eigenvalue weighted by Crippen LogP contribution is -2.09. The van der Waals surface area contributed by atoms with Gasteiger partial charge in [0, 0.05) is 6.20 Å². The van der Waals surface area contributed by atoms with Gasteiger partial charge in [0.25, 0.3) is 0 Å². The number of aliphatic hydroxyl groups is 1. The molecule has 3 nitrogen and oxygen atoms in total. The molecule has 0 aliphatic carbocycles. The Kier molecular flexibility index (Phi) is 4.67. The van der Waals surface area contributed by atoms with Crippen LogP contribution in [0.2, 0.25) is 0 Å². The summed E-state index contributed by atoms with van der Waals surface area (Å²) in [6.45, 7) is 2.07. The van der Waals surface area contributed by atoms with Gasteiger partial charge in [-0.25, -0.2) is 0 Å². The summed E-state index contributed by atoms with van der Waals surface area (Å²) in [4.78, 5) is 0. The Labute approximate surface area is 121 Å². The zero-order chi connectivity index (χ0) is 15.5. The van der Waals surface area contributed by atoms with Gasteiger partial charge in [0.15, 0.2) is 0 Å². The number of hydrogen-bond acceptors (Lipinski definition) is 2. The smallest absolute Gasteiger partial charge is 0.386 e. The third-order valence-corrected chi connectivity index (χ3v) is 3.22. The number of hydrogen-bond donors (Lipinski definition) is 1. The first kappa shape index (κ1) is 15.6. The van der Waals surface area contributed by atoms with E-state index in [2.05, 4.69) is 12.0 Å². The first-order valence-corrected chi connectivity index (χ1v) is 6.76. The number of rotatable bonds is 5. The van der Waals surface area contributed by atoms with E-state index in [1.54, 1.807) is 12.1 Å². The quantitative estimate of drug-likeness (QED) is 0.916. The van der Waals surface area contributed by atoms with Gasteiger partial charge >= 0.3 is 6.18 Å². The van der Waals surface area contributed by atoms with Crippen molar-refractivity contribution in [3.8, 4) is 0 Å². The van der Waals surface area contributed by atoms with Crippen LogP contribution in [-0.2, 0) is 19.1 Å². The number of aromatic nitrogens is 2. The van der Waals surface area contributed by atoms with Crippen molar-refractivity contribution >= 4 is 0 Å². The molecule has 0 fully saturated rings. The summed E-state index contributed by atoms with van der Waals surface area (Å²) in [7, 11) is 0. The average Bonchev–Trinajstić information content (AvgIpc) is 2.88. The molecule has 21 heavy (non-hydrogen) atoms. The third-order valence-electron chi connectivity index (χ3n) is 3.22. The Bertz CT molecular complexity index is 575. The normalized spacial score (nSPS) is 13.4. The Hall–Kier alpha value is -1.82. The number of halogens is 3. The van der Waals surface area contributed by atoms with Crippen LogP contribution >= 0.6 is 0 Å². The summed E-state index contributed by atoms with van der Waals surface area (Å²) in [6, 6.07) is 7.44. The Morgan fingerprint density at radius 3 is 2.43 bits per heavy atom. The van der Waals surface area contributed by atoms with Crippen molar-refractivity contribution in [2.75, 3.05) is 0 Å². The Morgan fingerprint density at radius 2 is 1.90 bits per heavy atom. The monoisotopic (exact) mass is 298 g/mol. The molecule has 0 amide bonds. The maximum Gasteiger partial charge on any atom is 0.419 e. The zero-order valence-electron chi connectivity index (χ0n) is 11.6. The molecule has 0 saturated carbocycles. The summed E-state index contributed by atoms with van der Waals surface area (Å²) in [5, 5.41) is 13.7. The molecule has 1 aromatic heterocycles. The first-order valence-electron chi connectivity index (χ1n) is 6.76. The highest BCUT2D eigenvalue weighted by Crippen LogP contribution is 2.28. The van der Waals surface area contributed by atoms with Crippen LogP contribution in [0.3, 0.4) is 0 Å². The lowest BCUT2D eigenvalue weighted by Gasteiger charge is -2.12. The maximum absolute atomic E-state index is 12.5. The van der Waals surface area contributed by atoms with Crippen molar-refractivity contribution in [3.63, 3.8) is 0 Å². The fourth-order valence-corrected chi connectivity index (χ4v) is 2.09. The van der Waals surface area contributed by atoms with Gasteiger partial charge in [-0.05, 0) is 17.5 Å².